The van der Waals surface area contributed by atoms with Crippen LogP contribution in [0.5, 0.6) is 0 Å². The summed E-state index contributed by atoms with van der Waals surface area (Å²) in [6, 6.07) is 10.4. The molecule has 2 aliphatic rings. The molecule has 0 fully saturated rings. The second-order valence-corrected chi connectivity index (χ2v) is 6.51. The summed E-state index contributed by atoms with van der Waals surface area (Å²) in [4.78, 5) is 34.1. The third-order valence-corrected chi connectivity index (χ3v) is 5.30. The molecule has 0 amide bonds. The van der Waals surface area contributed by atoms with Gasteiger partial charge in [-0.1, -0.05) is 24.3 Å². The van der Waals surface area contributed by atoms with Gasteiger partial charge in [0.25, 0.3) is 5.97 Å². The molecule has 0 atom stereocenters. The van der Waals surface area contributed by atoms with Crippen molar-refractivity contribution in [1.29, 1.82) is 10.5 Å². The Morgan fingerprint density at radius 3 is 1.58 bits per heavy atom. The summed E-state index contributed by atoms with van der Waals surface area (Å²) in [7, 11) is 0. The van der Waals surface area contributed by atoms with Crippen LogP contribution in [0.4, 0.5) is 0 Å². The fourth-order valence-corrected chi connectivity index (χ4v) is 4.01. The highest BCUT2D eigenvalue weighted by molar-refractivity contribution is 7.18. The van der Waals surface area contributed by atoms with E-state index < -0.39 is 5.97 Å². The van der Waals surface area contributed by atoms with E-state index in [2.05, 4.69) is 0 Å². The molecule has 0 bridgehead atoms. The first kappa shape index (κ1) is 17.3. The molecule has 0 unspecified atom stereocenters. The van der Waals surface area contributed by atoms with Crippen LogP contribution in [0.25, 0.3) is 10.8 Å². The molecule has 1 aromatic rings. The monoisotopic (exact) mass is 356 g/mol. The number of carboxylic acid groups (broad SMARTS) is 1. The number of carboxylic acids is 1. The quantitative estimate of drug-likeness (QED) is 0.660. The zero-order valence-corrected chi connectivity index (χ0v) is 13.8. The lowest BCUT2D eigenvalue weighted by molar-refractivity contribution is -0.134. The second-order valence-electron chi connectivity index (χ2n) is 4.47. The smallest absolute Gasteiger partial charge is 0.300 e. The maximum absolute atomic E-state index is 12.4. The van der Waals surface area contributed by atoms with Gasteiger partial charge in [-0.2, -0.15) is 10.5 Å². The first-order chi connectivity index (χ1) is 11.4. The Bertz CT molecular complexity index is 1120. The standard InChI is InChI=1S/C14H4N2O2S2.C2H4O2/c15-5-9-10(6-16)20-14-12(18)8-4-2-1-3-7(8)11(17)13(14)19-9;1-2(3)4/h1-4H;1H3,(H,3,4). The number of hydrogen-bond acceptors (Lipinski definition) is 7. The third kappa shape index (κ3) is 3.15. The number of nitriles is 2. The van der Waals surface area contributed by atoms with Gasteiger partial charge in [-0.3, -0.25) is 14.4 Å². The molecule has 1 aliphatic heterocycles. The lowest BCUT2D eigenvalue weighted by atomic mass is 10.1. The van der Waals surface area contributed by atoms with Crippen molar-refractivity contribution in [3.8, 4) is 12.1 Å². The first-order valence-corrected chi connectivity index (χ1v) is 8.06. The molecule has 1 aromatic carbocycles. The topological polar surface area (TPSA) is 119 Å². The number of rotatable bonds is 0. The van der Waals surface area contributed by atoms with E-state index in [9.17, 15) is 9.59 Å². The SMILES string of the molecule is CC(=O)O.N#Cc1sc2c(=O)c3ccccc3c(=O)c=2sc1C#N. The van der Waals surface area contributed by atoms with E-state index >= 15 is 0 Å². The van der Waals surface area contributed by atoms with Crippen molar-refractivity contribution < 1.29 is 9.90 Å². The molecule has 0 saturated carbocycles. The fraction of sp³-hybridized carbons (Fsp3) is 0.0625. The number of nitrogens with zero attached hydrogens (tertiary/aromatic N) is 2. The first-order valence-electron chi connectivity index (χ1n) is 6.43. The molecule has 118 valence electrons. The summed E-state index contributed by atoms with van der Waals surface area (Å²) < 4.78 is 0.489. The minimum Gasteiger partial charge on any atom is -0.481 e. The van der Waals surface area contributed by atoms with Crippen molar-refractivity contribution in [2.75, 3.05) is 0 Å². The molecular formula is C16H8N2O4S2. The summed E-state index contributed by atoms with van der Waals surface area (Å²) in [6.45, 7) is 1.08. The summed E-state index contributed by atoms with van der Waals surface area (Å²) in [6.07, 6.45) is 0. The molecule has 3 rings (SSSR count). The Kier molecular flexibility index (Phi) is 5.05. The van der Waals surface area contributed by atoms with E-state index in [0.717, 1.165) is 29.6 Å². The van der Waals surface area contributed by atoms with Crippen molar-refractivity contribution >= 4 is 39.4 Å². The van der Waals surface area contributed by atoms with Gasteiger partial charge in [0, 0.05) is 17.7 Å². The Morgan fingerprint density at radius 1 is 0.958 bits per heavy atom. The van der Waals surface area contributed by atoms with Gasteiger partial charge in [0.1, 0.15) is 21.9 Å². The van der Waals surface area contributed by atoms with Crippen molar-refractivity contribution in [2.45, 2.75) is 6.92 Å². The van der Waals surface area contributed by atoms with Crippen LogP contribution in [0.15, 0.2) is 33.9 Å². The number of aliphatic carboxylic acids is 1. The fourth-order valence-electron chi connectivity index (χ4n) is 1.96. The molecule has 0 aromatic heterocycles. The molecular weight excluding hydrogens is 348 g/mol. The number of carbonyl (C=O) groups is 1. The Hall–Kier alpha value is -3.07. The van der Waals surface area contributed by atoms with Crippen LogP contribution in [0.1, 0.15) is 16.7 Å². The van der Waals surface area contributed by atoms with E-state index in [1.807, 2.05) is 12.1 Å². The Labute approximate surface area is 142 Å². The highest BCUT2D eigenvalue weighted by Crippen LogP contribution is 2.20. The maximum atomic E-state index is 12.4. The largest absolute Gasteiger partial charge is 0.481 e. The highest BCUT2D eigenvalue weighted by atomic mass is 32.1. The number of fused-ring (bicyclic) bond motifs is 1. The Morgan fingerprint density at radius 2 is 1.29 bits per heavy atom. The van der Waals surface area contributed by atoms with E-state index in [-0.39, 0.29) is 29.7 Å². The zero-order valence-electron chi connectivity index (χ0n) is 12.2. The lowest BCUT2D eigenvalue weighted by Gasteiger charge is -1.98. The van der Waals surface area contributed by atoms with E-state index in [1.54, 1.807) is 24.3 Å². The minimum atomic E-state index is -0.833. The summed E-state index contributed by atoms with van der Waals surface area (Å²) in [5, 5.41) is 26.2. The highest BCUT2D eigenvalue weighted by Gasteiger charge is 2.12. The van der Waals surface area contributed by atoms with E-state index in [1.165, 1.54) is 0 Å². The summed E-state index contributed by atoms with van der Waals surface area (Å²) in [5.41, 5.74) is -0.533. The van der Waals surface area contributed by atoms with Crippen LogP contribution in [-0.4, -0.2) is 11.1 Å². The van der Waals surface area contributed by atoms with Crippen molar-refractivity contribution in [3.63, 3.8) is 0 Å². The third-order valence-electron chi connectivity index (χ3n) is 2.85. The van der Waals surface area contributed by atoms with Gasteiger partial charge in [-0.15, -0.1) is 22.7 Å². The van der Waals surface area contributed by atoms with Crippen LogP contribution in [0.2, 0.25) is 0 Å². The van der Waals surface area contributed by atoms with E-state index in [4.69, 9.17) is 20.4 Å². The van der Waals surface area contributed by atoms with Crippen LogP contribution in [-0.2, 0) is 4.79 Å². The molecule has 0 saturated heterocycles. The van der Waals surface area contributed by atoms with Gasteiger partial charge in [0.05, 0.1) is 9.06 Å². The van der Waals surface area contributed by atoms with Gasteiger partial charge in [-0.25, -0.2) is 0 Å². The Balaban J connectivity index is 0.000000471. The zero-order chi connectivity index (χ0) is 17.9. The number of hydrogen-bond donors (Lipinski definition) is 1. The average Bonchev–Trinajstić information content (AvgIpc) is 2.58. The molecule has 0 spiro atoms. The van der Waals surface area contributed by atoms with Crippen molar-refractivity contribution in [1.82, 2.24) is 0 Å². The molecule has 1 heterocycles. The number of benzene rings is 1. The lowest BCUT2D eigenvalue weighted by Crippen LogP contribution is -2.13. The molecule has 1 aliphatic carbocycles. The maximum Gasteiger partial charge on any atom is 0.300 e. The van der Waals surface area contributed by atoms with Gasteiger partial charge in [-0.05, 0) is 0 Å². The molecule has 8 heteroatoms. The van der Waals surface area contributed by atoms with Crippen molar-refractivity contribution in [2.24, 2.45) is 0 Å². The van der Waals surface area contributed by atoms with Gasteiger partial charge < -0.3 is 5.11 Å². The second kappa shape index (κ2) is 7.01. The minimum absolute atomic E-state index is 0.164. The van der Waals surface area contributed by atoms with Crippen LogP contribution < -0.4 is 10.9 Å². The predicted octanol–water partition coefficient (Wildman–Crippen LogP) is 2.24. The summed E-state index contributed by atoms with van der Waals surface area (Å²) in [5.74, 6) is -0.833. The molecule has 1 N–H and O–H groups in total. The normalized spacial score (nSPS) is 9.62. The summed E-state index contributed by atoms with van der Waals surface area (Å²) >= 11 is 1.82. The van der Waals surface area contributed by atoms with Gasteiger partial charge >= 0.3 is 0 Å². The predicted molar refractivity (Wildman–Crippen MR) is 90.3 cm³/mol. The van der Waals surface area contributed by atoms with Gasteiger partial charge in [0.2, 0.25) is 10.9 Å². The van der Waals surface area contributed by atoms with Crippen LogP contribution >= 0.6 is 22.7 Å². The molecule has 24 heavy (non-hydrogen) atoms. The van der Waals surface area contributed by atoms with Crippen LogP contribution in [0.3, 0.4) is 0 Å². The molecule has 0 radical (unpaired) electrons. The average molecular weight is 356 g/mol. The van der Waals surface area contributed by atoms with Crippen molar-refractivity contribution in [3.05, 3.63) is 63.5 Å². The van der Waals surface area contributed by atoms with Gasteiger partial charge in [0.15, 0.2) is 0 Å². The van der Waals surface area contributed by atoms with Crippen LogP contribution in [0, 0.1) is 31.7 Å². The molecule has 6 nitrogen and oxygen atoms in total. The van der Waals surface area contributed by atoms with E-state index in [0.29, 0.717) is 10.8 Å².